The van der Waals surface area contributed by atoms with Gasteiger partial charge in [0, 0.05) is 47.2 Å². The zero-order valence-corrected chi connectivity index (χ0v) is 25.0. The van der Waals surface area contributed by atoms with Crippen LogP contribution < -0.4 is 19.1 Å². The minimum absolute atomic E-state index is 0.0197. The van der Waals surface area contributed by atoms with Gasteiger partial charge in [-0.1, -0.05) is 49.0 Å². The number of nitrogens with zero attached hydrogens (tertiary/aromatic N) is 2. The molecular formula is C28H35Cl2N3O6S. The second kappa shape index (κ2) is 13.3. The van der Waals surface area contributed by atoms with Crippen LogP contribution in [0.5, 0.6) is 11.5 Å². The lowest BCUT2D eigenvalue weighted by Gasteiger charge is -2.32. The number of nitrogens with one attached hydrogen (secondary N) is 1. The average Bonchev–Trinajstić information content (AvgIpc) is 3.59. The molecule has 1 aliphatic carbocycles. The molecule has 1 N–H and O–H groups in total. The molecule has 1 fully saturated rings. The number of anilines is 1. The smallest absolute Gasteiger partial charge is 0.243 e. The highest BCUT2D eigenvalue weighted by Gasteiger charge is 2.31. The molecule has 2 aromatic rings. The van der Waals surface area contributed by atoms with Crippen LogP contribution in [-0.2, 0) is 26.2 Å². The summed E-state index contributed by atoms with van der Waals surface area (Å²) < 4.78 is 37.2. The van der Waals surface area contributed by atoms with Crippen LogP contribution in [-0.4, -0.2) is 56.8 Å². The molecule has 218 valence electrons. The monoisotopic (exact) mass is 611 g/mol. The molecule has 0 spiro atoms. The molecule has 9 nitrogen and oxygen atoms in total. The highest BCUT2D eigenvalue weighted by Crippen LogP contribution is 2.36. The standard InChI is InChI=1S/C28H35Cl2N3O6S/c1-3-24(28(35)31-19-8-4-5-9-19)32(17-21-22(29)10-6-11-23(21)30)27(34)12-7-15-33(40(2,36)37)20-13-14-25-26(16-20)39-18-38-25/h6,10-11,13-14,16,19,24H,3-5,7-9,12,15,17-18H2,1-2H3,(H,31,35)/t24-/m1/s1. The second-order valence-corrected chi connectivity index (χ2v) is 12.8. The van der Waals surface area contributed by atoms with Gasteiger partial charge < -0.3 is 19.7 Å². The van der Waals surface area contributed by atoms with Gasteiger partial charge in [0.05, 0.1) is 11.9 Å². The van der Waals surface area contributed by atoms with E-state index in [1.165, 1.54) is 9.21 Å². The number of hydrogen-bond acceptors (Lipinski definition) is 6. The number of carbonyl (C=O) groups excluding carboxylic acids is 2. The van der Waals surface area contributed by atoms with Crippen LogP contribution in [0.1, 0.15) is 57.4 Å². The first kappa shape index (κ1) is 30.3. The Morgan fingerprint density at radius 3 is 2.40 bits per heavy atom. The lowest BCUT2D eigenvalue weighted by atomic mass is 10.1. The van der Waals surface area contributed by atoms with E-state index in [1.54, 1.807) is 36.4 Å². The first-order valence-electron chi connectivity index (χ1n) is 13.5. The van der Waals surface area contributed by atoms with Gasteiger partial charge in [0.1, 0.15) is 6.04 Å². The van der Waals surface area contributed by atoms with E-state index in [4.69, 9.17) is 32.7 Å². The van der Waals surface area contributed by atoms with Gasteiger partial charge in [-0.2, -0.15) is 0 Å². The molecule has 1 aliphatic heterocycles. The zero-order chi connectivity index (χ0) is 28.9. The maximum absolute atomic E-state index is 13.7. The highest BCUT2D eigenvalue weighted by molar-refractivity contribution is 7.92. The van der Waals surface area contributed by atoms with Gasteiger partial charge in [-0.05, 0) is 49.9 Å². The number of fused-ring (bicyclic) bond motifs is 1. The first-order chi connectivity index (χ1) is 19.1. The Morgan fingerprint density at radius 1 is 1.07 bits per heavy atom. The molecule has 0 aromatic heterocycles. The maximum atomic E-state index is 13.7. The van der Waals surface area contributed by atoms with Crippen molar-refractivity contribution in [2.75, 3.05) is 23.9 Å². The molecule has 1 atom stereocenters. The summed E-state index contributed by atoms with van der Waals surface area (Å²) in [6.45, 7) is 2.06. The van der Waals surface area contributed by atoms with Crippen LogP contribution in [0.3, 0.4) is 0 Å². The van der Waals surface area contributed by atoms with Crippen molar-refractivity contribution in [2.24, 2.45) is 0 Å². The van der Waals surface area contributed by atoms with Gasteiger partial charge in [0.15, 0.2) is 11.5 Å². The van der Waals surface area contributed by atoms with Gasteiger partial charge in [0.2, 0.25) is 28.6 Å². The van der Waals surface area contributed by atoms with Crippen molar-refractivity contribution < 1.29 is 27.5 Å². The van der Waals surface area contributed by atoms with Crippen molar-refractivity contribution in [1.82, 2.24) is 10.2 Å². The first-order valence-corrected chi connectivity index (χ1v) is 16.1. The van der Waals surface area contributed by atoms with E-state index in [9.17, 15) is 18.0 Å². The molecule has 1 heterocycles. The number of amides is 2. The fraction of sp³-hybridized carbons (Fsp3) is 0.500. The fourth-order valence-electron chi connectivity index (χ4n) is 5.19. The SMILES string of the molecule is CC[C@H](C(=O)NC1CCCC1)N(Cc1c(Cl)cccc1Cl)C(=O)CCCN(c1ccc2c(c1)OCO2)S(C)(=O)=O. The van der Waals surface area contributed by atoms with Gasteiger partial charge in [-0.25, -0.2) is 8.42 Å². The van der Waals surface area contributed by atoms with E-state index >= 15 is 0 Å². The lowest BCUT2D eigenvalue weighted by molar-refractivity contribution is -0.141. The number of halogens is 2. The molecule has 2 aliphatic rings. The quantitative estimate of drug-likeness (QED) is 0.356. The normalized spacial score (nSPS) is 15.6. The molecule has 0 unspecified atom stereocenters. The van der Waals surface area contributed by atoms with Crippen molar-refractivity contribution in [1.29, 1.82) is 0 Å². The second-order valence-electron chi connectivity index (χ2n) is 10.1. The van der Waals surface area contributed by atoms with Gasteiger partial charge in [-0.15, -0.1) is 0 Å². The molecular weight excluding hydrogens is 577 g/mol. The Labute approximate surface area is 245 Å². The third kappa shape index (κ3) is 7.33. The Bertz CT molecular complexity index is 1310. The Hall–Kier alpha value is -2.69. The Morgan fingerprint density at radius 2 is 1.75 bits per heavy atom. The van der Waals surface area contributed by atoms with Crippen LogP contribution in [0.4, 0.5) is 5.69 Å². The van der Waals surface area contributed by atoms with Crippen LogP contribution in [0.15, 0.2) is 36.4 Å². The van der Waals surface area contributed by atoms with Crippen LogP contribution in [0.25, 0.3) is 0 Å². The topological polar surface area (TPSA) is 105 Å². The summed E-state index contributed by atoms with van der Waals surface area (Å²) in [7, 11) is -3.65. The summed E-state index contributed by atoms with van der Waals surface area (Å²) >= 11 is 12.9. The minimum atomic E-state index is -3.65. The van der Waals surface area contributed by atoms with Crippen LogP contribution >= 0.6 is 23.2 Å². The summed E-state index contributed by atoms with van der Waals surface area (Å²) in [5.74, 6) is 0.513. The van der Waals surface area contributed by atoms with Crippen LogP contribution in [0.2, 0.25) is 10.0 Å². The summed E-state index contributed by atoms with van der Waals surface area (Å²) in [6.07, 6.45) is 5.76. The Kier molecular flexibility index (Phi) is 10.1. The van der Waals surface area contributed by atoms with Crippen molar-refractivity contribution in [2.45, 2.75) is 70.5 Å². The molecule has 4 rings (SSSR count). The van der Waals surface area contributed by atoms with Gasteiger partial charge in [-0.3, -0.25) is 13.9 Å². The molecule has 0 radical (unpaired) electrons. The van der Waals surface area contributed by atoms with E-state index in [0.717, 1.165) is 31.9 Å². The molecule has 0 bridgehead atoms. The number of benzene rings is 2. The summed E-state index contributed by atoms with van der Waals surface area (Å²) in [5.41, 5.74) is 0.978. The number of carbonyl (C=O) groups is 2. The van der Waals surface area contributed by atoms with Crippen molar-refractivity contribution >= 4 is 50.7 Å². The summed E-state index contributed by atoms with van der Waals surface area (Å²) in [4.78, 5) is 28.6. The van der Waals surface area contributed by atoms with E-state index in [1.807, 2.05) is 6.92 Å². The Balaban J connectivity index is 1.51. The maximum Gasteiger partial charge on any atom is 0.243 e. The van der Waals surface area contributed by atoms with Crippen LogP contribution in [0, 0.1) is 0 Å². The third-order valence-electron chi connectivity index (χ3n) is 7.27. The van der Waals surface area contributed by atoms with Crippen molar-refractivity contribution in [3.05, 3.63) is 52.0 Å². The highest BCUT2D eigenvalue weighted by atomic mass is 35.5. The lowest BCUT2D eigenvalue weighted by Crippen LogP contribution is -2.51. The van der Waals surface area contributed by atoms with Crippen molar-refractivity contribution in [3.63, 3.8) is 0 Å². The molecule has 1 saturated carbocycles. The van der Waals surface area contributed by atoms with Gasteiger partial charge >= 0.3 is 0 Å². The van der Waals surface area contributed by atoms with Crippen molar-refractivity contribution in [3.8, 4) is 11.5 Å². The largest absolute Gasteiger partial charge is 0.454 e. The predicted octanol–water partition coefficient (Wildman–Crippen LogP) is 5.13. The molecule has 2 amide bonds. The number of hydrogen-bond donors (Lipinski definition) is 1. The average molecular weight is 613 g/mol. The van der Waals surface area contributed by atoms with E-state index in [0.29, 0.717) is 39.2 Å². The summed E-state index contributed by atoms with van der Waals surface area (Å²) in [6, 6.07) is 9.40. The number of sulfonamides is 1. The van der Waals surface area contributed by atoms with E-state index in [2.05, 4.69) is 5.32 Å². The molecule has 40 heavy (non-hydrogen) atoms. The van der Waals surface area contributed by atoms with E-state index < -0.39 is 16.1 Å². The van der Waals surface area contributed by atoms with Gasteiger partial charge in [0.25, 0.3) is 0 Å². The number of ether oxygens (including phenoxy) is 2. The fourth-order valence-corrected chi connectivity index (χ4v) is 6.66. The molecule has 2 aromatic carbocycles. The van der Waals surface area contributed by atoms with E-state index in [-0.39, 0.29) is 50.6 Å². The molecule has 0 saturated heterocycles. The molecule has 12 heteroatoms. The number of rotatable bonds is 12. The summed E-state index contributed by atoms with van der Waals surface area (Å²) in [5, 5.41) is 3.92. The third-order valence-corrected chi connectivity index (χ3v) is 9.18. The zero-order valence-electron chi connectivity index (χ0n) is 22.7. The minimum Gasteiger partial charge on any atom is -0.454 e. The predicted molar refractivity (Wildman–Crippen MR) is 155 cm³/mol.